The van der Waals surface area contributed by atoms with E-state index in [1.165, 1.54) is 12.5 Å². The van der Waals surface area contributed by atoms with Crippen LogP contribution in [0.4, 0.5) is 11.4 Å². The van der Waals surface area contributed by atoms with E-state index in [0.717, 1.165) is 5.69 Å². The number of amides is 1. The maximum Gasteiger partial charge on any atom is 0.328 e. The summed E-state index contributed by atoms with van der Waals surface area (Å²) in [4.78, 5) is 23.6. The van der Waals surface area contributed by atoms with Crippen LogP contribution in [0.5, 0.6) is 0 Å². The molecule has 6 heteroatoms. The average Bonchev–Trinajstić information content (AvgIpc) is 3.10. The maximum atomic E-state index is 12.0. The number of furan rings is 1. The van der Waals surface area contributed by atoms with Crippen LogP contribution in [0.3, 0.4) is 0 Å². The van der Waals surface area contributed by atoms with Gasteiger partial charge in [-0.1, -0.05) is 6.07 Å². The normalized spacial score (nSPS) is 20.5. The number of cyclic esters (lactones) is 1. The quantitative estimate of drug-likeness (QED) is 0.848. The van der Waals surface area contributed by atoms with Gasteiger partial charge in [-0.3, -0.25) is 4.79 Å². The van der Waals surface area contributed by atoms with Crippen molar-refractivity contribution in [3.8, 4) is 0 Å². The molecule has 2 atom stereocenters. The van der Waals surface area contributed by atoms with Gasteiger partial charge in [0.15, 0.2) is 0 Å². The molecule has 0 radical (unpaired) electrons. The van der Waals surface area contributed by atoms with Crippen LogP contribution >= 0.6 is 0 Å². The molecule has 2 N–H and O–H groups in total. The van der Waals surface area contributed by atoms with E-state index < -0.39 is 0 Å². The zero-order valence-electron chi connectivity index (χ0n) is 12.0. The molecule has 6 nitrogen and oxygen atoms in total. The molecule has 1 saturated heterocycles. The number of carbonyl (C=O) groups is 2. The van der Waals surface area contributed by atoms with Gasteiger partial charge in [0.05, 0.1) is 11.8 Å². The van der Waals surface area contributed by atoms with E-state index in [9.17, 15) is 9.59 Å². The minimum Gasteiger partial charge on any atom is -0.472 e. The van der Waals surface area contributed by atoms with Crippen molar-refractivity contribution < 1.29 is 18.7 Å². The second-order valence-electron chi connectivity index (χ2n) is 5.23. The van der Waals surface area contributed by atoms with Crippen LogP contribution in [0.15, 0.2) is 47.3 Å². The van der Waals surface area contributed by atoms with E-state index in [1.54, 1.807) is 24.3 Å². The predicted octanol–water partition coefficient (Wildman–Crippen LogP) is 2.65. The number of hydrogen-bond donors (Lipinski definition) is 2. The first-order valence-corrected chi connectivity index (χ1v) is 7.02. The largest absolute Gasteiger partial charge is 0.472 e. The highest BCUT2D eigenvalue weighted by molar-refractivity contribution is 6.04. The molecule has 2 aromatic rings. The second-order valence-corrected chi connectivity index (χ2v) is 5.23. The number of rotatable bonds is 4. The summed E-state index contributed by atoms with van der Waals surface area (Å²) in [5.41, 5.74) is 1.84. The lowest BCUT2D eigenvalue weighted by molar-refractivity contribution is -0.141. The first-order valence-electron chi connectivity index (χ1n) is 7.02. The number of benzene rings is 1. The third-order valence-electron chi connectivity index (χ3n) is 3.41. The van der Waals surface area contributed by atoms with Gasteiger partial charge in [0.2, 0.25) is 0 Å². The molecule has 114 valence electrons. The van der Waals surface area contributed by atoms with E-state index >= 15 is 0 Å². The summed E-state index contributed by atoms with van der Waals surface area (Å²) in [5.74, 6) is -0.500. The van der Waals surface area contributed by atoms with Crippen LogP contribution in [-0.4, -0.2) is 24.0 Å². The van der Waals surface area contributed by atoms with Crippen LogP contribution in [0, 0.1) is 0 Å². The van der Waals surface area contributed by atoms with Crippen molar-refractivity contribution in [2.75, 3.05) is 10.6 Å². The van der Waals surface area contributed by atoms with Gasteiger partial charge in [-0.15, -0.1) is 0 Å². The molecule has 3 rings (SSSR count). The van der Waals surface area contributed by atoms with Crippen molar-refractivity contribution in [1.82, 2.24) is 0 Å². The van der Waals surface area contributed by atoms with Crippen molar-refractivity contribution >= 4 is 23.3 Å². The molecule has 1 amide bonds. The van der Waals surface area contributed by atoms with Crippen LogP contribution in [0.2, 0.25) is 0 Å². The van der Waals surface area contributed by atoms with Crippen molar-refractivity contribution in [1.29, 1.82) is 0 Å². The number of carbonyl (C=O) groups excluding carboxylic acids is 2. The fourth-order valence-corrected chi connectivity index (χ4v) is 2.36. The van der Waals surface area contributed by atoms with Gasteiger partial charge in [-0.25, -0.2) is 4.79 Å². The SMILES string of the molecule is C[C@@H]1C[C@H](Nc2cccc(NC(=O)c3ccoc3)c2)C(=O)O1. The van der Waals surface area contributed by atoms with Crippen LogP contribution in [0.25, 0.3) is 0 Å². The topological polar surface area (TPSA) is 80.6 Å². The highest BCUT2D eigenvalue weighted by Crippen LogP contribution is 2.22. The molecule has 1 aromatic heterocycles. The van der Waals surface area contributed by atoms with Crippen LogP contribution in [0.1, 0.15) is 23.7 Å². The Hall–Kier alpha value is -2.76. The van der Waals surface area contributed by atoms with Gasteiger partial charge in [0, 0.05) is 17.8 Å². The smallest absolute Gasteiger partial charge is 0.328 e. The van der Waals surface area contributed by atoms with Gasteiger partial charge in [0.25, 0.3) is 5.91 Å². The molecule has 1 aliphatic heterocycles. The van der Waals surface area contributed by atoms with Crippen molar-refractivity contribution in [2.45, 2.75) is 25.5 Å². The fourth-order valence-electron chi connectivity index (χ4n) is 2.36. The Labute approximate surface area is 127 Å². The Balaban J connectivity index is 1.67. The number of anilines is 2. The van der Waals surface area contributed by atoms with Gasteiger partial charge < -0.3 is 19.8 Å². The second kappa shape index (κ2) is 5.93. The molecule has 22 heavy (non-hydrogen) atoms. The van der Waals surface area contributed by atoms with Crippen molar-refractivity contribution in [3.63, 3.8) is 0 Å². The third-order valence-corrected chi connectivity index (χ3v) is 3.41. The van der Waals surface area contributed by atoms with E-state index in [1.807, 2.05) is 13.0 Å². The lowest BCUT2D eigenvalue weighted by Crippen LogP contribution is -2.24. The zero-order valence-corrected chi connectivity index (χ0v) is 12.0. The molecule has 0 unspecified atom stereocenters. The zero-order chi connectivity index (χ0) is 15.5. The summed E-state index contributed by atoms with van der Waals surface area (Å²) in [6.07, 6.45) is 3.38. The van der Waals surface area contributed by atoms with Gasteiger partial charge in [-0.2, -0.15) is 0 Å². The van der Waals surface area contributed by atoms with E-state index in [4.69, 9.17) is 9.15 Å². The summed E-state index contributed by atoms with van der Waals surface area (Å²) in [5, 5.41) is 5.90. The summed E-state index contributed by atoms with van der Waals surface area (Å²) in [7, 11) is 0. The third kappa shape index (κ3) is 3.11. The Morgan fingerprint density at radius 1 is 1.27 bits per heavy atom. The average molecular weight is 300 g/mol. The van der Waals surface area contributed by atoms with Crippen molar-refractivity contribution in [3.05, 3.63) is 48.4 Å². The van der Waals surface area contributed by atoms with Gasteiger partial charge >= 0.3 is 5.97 Å². The van der Waals surface area contributed by atoms with E-state index in [2.05, 4.69) is 10.6 Å². The molecule has 0 spiro atoms. The maximum absolute atomic E-state index is 12.0. The Morgan fingerprint density at radius 2 is 2.09 bits per heavy atom. The number of hydrogen-bond acceptors (Lipinski definition) is 5. The van der Waals surface area contributed by atoms with Crippen molar-refractivity contribution in [2.24, 2.45) is 0 Å². The number of esters is 1. The van der Waals surface area contributed by atoms with Crippen LogP contribution in [-0.2, 0) is 9.53 Å². The van der Waals surface area contributed by atoms with Gasteiger partial charge in [-0.05, 0) is 31.2 Å². The number of nitrogens with one attached hydrogen (secondary N) is 2. The highest BCUT2D eigenvalue weighted by Gasteiger charge is 2.31. The standard InChI is InChI=1S/C16H16N2O4/c1-10-7-14(16(20)22-10)17-12-3-2-4-13(8-12)18-15(19)11-5-6-21-9-11/h2-6,8-10,14,17H,7H2,1H3,(H,18,19)/t10-,14+/m1/s1. The predicted molar refractivity (Wildman–Crippen MR) is 80.7 cm³/mol. The first kappa shape index (κ1) is 14.2. The summed E-state index contributed by atoms with van der Waals surface area (Å²) >= 11 is 0. The minimum absolute atomic E-state index is 0.0750. The molecule has 0 aliphatic carbocycles. The monoisotopic (exact) mass is 300 g/mol. The lowest BCUT2D eigenvalue weighted by atomic mass is 10.1. The van der Waals surface area contributed by atoms with E-state index in [-0.39, 0.29) is 24.0 Å². The molecule has 1 aliphatic rings. The molecule has 1 aromatic carbocycles. The highest BCUT2D eigenvalue weighted by atomic mass is 16.6. The summed E-state index contributed by atoms with van der Waals surface area (Å²) in [6.45, 7) is 1.86. The molecule has 0 bridgehead atoms. The molecular weight excluding hydrogens is 284 g/mol. The molecular formula is C16H16N2O4. The summed E-state index contributed by atoms with van der Waals surface area (Å²) < 4.78 is 9.99. The Bertz CT molecular complexity index is 681. The van der Waals surface area contributed by atoms with Gasteiger partial charge in [0.1, 0.15) is 18.4 Å². The Morgan fingerprint density at radius 3 is 2.77 bits per heavy atom. The lowest BCUT2D eigenvalue weighted by Gasteiger charge is -2.12. The molecule has 2 heterocycles. The van der Waals surface area contributed by atoms with E-state index in [0.29, 0.717) is 17.7 Å². The number of ether oxygens (including phenoxy) is 1. The molecule has 1 fully saturated rings. The summed E-state index contributed by atoms with van der Waals surface area (Å²) in [6, 6.07) is 8.43. The fraction of sp³-hybridized carbons (Fsp3) is 0.250. The molecule has 0 saturated carbocycles. The van der Waals surface area contributed by atoms with Crippen LogP contribution < -0.4 is 10.6 Å². The first-order chi connectivity index (χ1) is 10.6. The Kier molecular flexibility index (Phi) is 3.82. The minimum atomic E-state index is -0.352.